The van der Waals surface area contributed by atoms with Crippen LogP contribution in [-0.2, 0) is 19.1 Å². The van der Waals surface area contributed by atoms with Crippen LogP contribution in [0.4, 0.5) is 0 Å². The summed E-state index contributed by atoms with van der Waals surface area (Å²) in [7, 11) is 1.36. The molecule has 3 rings (SSSR count). The second-order valence-corrected chi connectivity index (χ2v) is 8.85. The SMILES string of the molecule is C=C(SCCC(=O)OC)C1(C(O)C2C=CCCC2)NC(=O)C2CCOC21C. The van der Waals surface area contributed by atoms with Crippen molar-refractivity contribution in [1.29, 1.82) is 0 Å². The molecule has 2 heterocycles. The van der Waals surface area contributed by atoms with E-state index >= 15 is 0 Å². The summed E-state index contributed by atoms with van der Waals surface area (Å²) in [4.78, 5) is 24.8. The number of hydrogen-bond donors (Lipinski definition) is 2. The fourth-order valence-electron chi connectivity index (χ4n) is 4.72. The second-order valence-electron chi connectivity index (χ2n) is 7.66. The number of aliphatic hydroxyl groups excluding tert-OH is 1. The number of rotatable bonds is 7. The van der Waals surface area contributed by atoms with E-state index < -0.39 is 17.2 Å². The molecule has 2 N–H and O–H groups in total. The van der Waals surface area contributed by atoms with Crippen LogP contribution in [0, 0.1) is 11.8 Å². The molecular formula is C20H29NO5S. The maximum Gasteiger partial charge on any atom is 0.306 e. The summed E-state index contributed by atoms with van der Waals surface area (Å²) in [6, 6.07) is 0. The summed E-state index contributed by atoms with van der Waals surface area (Å²) in [5.74, 6) is -0.299. The molecular weight excluding hydrogens is 366 g/mol. The molecule has 150 valence electrons. The predicted octanol–water partition coefficient (Wildman–Crippen LogP) is 2.18. The summed E-state index contributed by atoms with van der Waals surface area (Å²) in [5.41, 5.74) is -1.94. The minimum absolute atomic E-state index is 0.0724. The van der Waals surface area contributed by atoms with Crippen LogP contribution in [0.15, 0.2) is 23.6 Å². The number of allylic oxidation sites excluding steroid dienone is 1. The van der Waals surface area contributed by atoms with Gasteiger partial charge in [-0.25, -0.2) is 0 Å². The number of aliphatic hydroxyl groups is 1. The highest BCUT2D eigenvalue weighted by atomic mass is 32.2. The van der Waals surface area contributed by atoms with E-state index in [1.807, 2.05) is 13.0 Å². The summed E-state index contributed by atoms with van der Waals surface area (Å²) >= 11 is 1.38. The van der Waals surface area contributed by atoms with Crippen LogP contribution < -0.4 is 5.32 Å². The molecule has 0 aromatic carbocycles. The van der Waals surface area contributed by atoms with Crippen molar-refractivity contribution < 1.29 is 24.2 Å². The Morgan fingerprint density at radius 2 is 2.33 bits per heavy atom. The zero-order chi connectivity index (χ0) is 19.7. The molecule has 0 spiro atoms. The van der Waals surface area contributed by atoms with Gasteiger partial charge in [0.2, 0.25) is 5.91 Å². The highest BCUT2D eigenvalue weighted by Gasteiger charge is 2.69. The first-order chi connectivity index (χ1) is 12.9. The molecule has 6 nitrogen and oxygen atoms in total. The van der Waals surface area contributed by atoms with Gasteiger partial charge in [0.1, 0.15) is 11.1 Å². The van der Waals surface area contributed by atoms with Gasteiger partial charge in [-0.3, -0.25) is 9.59 Å². The third kappa shape index (κ3) is 3.34. The fourth-order valence-corrected chi connectivity index (χ4v) is 5.83. The van der Waals surface area contributed by atoms with Crippen molar-refractivity contribution >= 4 is 23.6 Å². The van der Waals surface area contributed by atoms with Gasteiger partial charge in [0.15, 0.2) is 0 Å². The molecule has 0 saturated carbocycles. The lowest BCUT2D eigenvalue weighted by Crippen LogP contribution is -2.66. The normalized spacial score (nSPS) is 36.2. The summed E-state index contributed by atoms with van der Waals surface area (Å²) in [6.07, 6.45) is 7.03. The number of carbonyl (C=O) groups is 2. The average molecular weight is 396 g/mol. The van der Waals surface area contributed by atoms with Gasteiger partial charge in [0.05, 0.1) is 25.6 Å². The number of nitrogens with one attached hydrogen (secondary N) is 1. The van der Waals surface area contributed by atoms with E-state index in [4.69, 9.17) is 9.47 Å². The van der Waals surface area contributed by atoms with Gasteiger partial charge >= 0.3 is 5.97 Å². The Kier molecular flexibility index (Phi) is 6.03. The monoisotopic (exact) mass is 395 g/mol. The van der Waals surface area contributed by atoms with Crippen LogP contribution in [0.1, 0.15) is 39.0 Å². The molecule has 0 radical (unpaired) electrons. The topological polar surface area (TPSA) is 84.9 Å². The number of fused-ring (bicyclic) bond motifs is 1. The van der Waals surface area contributed by atoms with Crippen LogP contribution in [0.5, 0.6) is 0 Å². The van der Waals surface area contributed by atoms with Crippen LogP contribution in [0.2, 0.25) is 0 Å². The number of methoxy groups -OCH3 is 1. The third-order valence-corrected chi connectivity index (χ3v) is 7.36. The molecule has 1 amide bonds. The summed E-state index contributed by atoms with van der Waals surface area (Å²) in [5, 5.41) is 14.5. The first-order valence-electron chi connectivity index (χ1n) is 9.56. The first kappa shape index (κ1) is 20.4. The quantitative estimate of drug-likeness (QED) is 0.508. The van der Waals surface area contributed by atoms with Gasteiger partial charge in [-0.15, -0.1) is 11.8 Å². The van der Waals surface area contributed by atoms with Gasteiger partial charge < -0.3 is 19.9 Å². The average Bonchev–Trinajstić information content (AvgIpc) is 3.17. The molecule has 5 unspecified atom stereocenters. The van der Waals surface area contributed by atoms with Crippen molar-refractivity contribution in [2.24, 2.45) is 11.8 Å². The van der Waals surface area contributed by atoms with Crippen molar-refractivity contribution in [3.05, 3.63) is 23.6 Å². The molecule has 1 aliphatic carbocycles. The van der Waals surface area contributed by atoms with Gasteiger partial charge in [0, 0.05) is 23.2 Å². The summed E-state index contributed by atoms with van der Waals surface area (Å²) < 4.78 is 10.8. The lowest BCUT2D eigenvalue weighted by Gasteiger charge is -2.48. The fraction of sp³-hybridized carbons (Fsp3) is 0.700. The van der Waals surface area contributed by atoms with E-state index in [1.165, 1.54) is 18.9 Å². The van der Waals surface area contributed by atoms with E-state index in [0.29, 0.717) is 23.7 Å². The van der Waals surface area contributed by atoms with E-state index in [2.05, 4.69) is 18.0 Å². The van der Waals surface area contributed by atoms with E-state index in [-0.39, 0.29) is 30.1 Å². The highest BCUT2D eigenvalue weighted by Crippen LogP contribution is 2.54. The van der Waals surface area contributed by atoms with E-state index in [1.54, 1.807) is 0 Å². The molecule has 2 saturated heterocycles. The lowest BCUT2D eigenvalue weighted by molar-refractivity contribution is -0.140. The molecule has 7 heteroatoms. The van der Waals surface area contributed by atoms with Gasteiger partial charge in [0.25, 0.3) is 0 Å². The maximum atomic E-state index is 12.8. The van der Waals surface area contributed by atoms with Crippen molar-refractivity contribution in [3.63, 3.8) is 0 Å². The Labute approximate surface area is 164 Å². The number of ether oxygens (including phenoxy) is 2. The standard InChI is InChI=1S/C20H29NO5S/c1-13(27-12-10-16(22)25-3)20(17(23)14-7-5-4-6-8-14)19(2)15(9-11-26-19)18(24)21-20/h5,7,14-15,17,23H,1,4,6,8-12H2,2-3H3,(H,21,24). The Bertz CT molecular complexity index is 650. The molecule has 3 aliphatic rings. The minimum atomic E-state index is -1.08. The van der Waals surface area contributed by atoms with Crippen molar-refractivity contribution in [2.45, 2.75) is 56.3 Å². The van der Waals surface area contributed by atoms with Crippen molar-refractivity contribution in [2.75, 3.05) is 19.5 Å². The molecule has 27 heavy (non-hydrogen) atoms. The van der Waals surface area contributed by atoms with Gasteiger partial charge in [-0.1, -0.05) is 18.7 Å². The minimum Gasteiger partial charge on any atom is -0.469 e. The largest absolute Gasteiger partial charge is 0.469 e. The number of hydrogen-bond acceptors (Lipinski definition) is 6. The highest BCUT2D eigenvalue weighted by molar-refractivity contribution is 8.03. The zero-order valence-electron chi connectivity index (χ0n) is 16.0. The van der Waals surface area contributed by atoms with Crippen molar-refractivity contribution in [1.82, 2.24) is 5.32 Å². The lowest BCUT2D eigenvalue weighted by atomic mass is 9.69. The van der Waals surface area contributed by atoms with E-state index in [0.717, 1.165) is 19.3 Å². The van der Waals surface area contributed by atoms with Crippen molar-refractivity contribution in [3.8, 4) is 0 Å². The molecule has 0 bridgehead atoms. The maximum absolute atomic E-state index is 12.8. The number of amides is 1. The Balaban J connectivity index is 1.90. The van der Waals surface area contributed by atoms with Crippen LogP contribution in [0.25, 0.3) is 0 Å². The third-order valence-electron chi connectivity index (χ3n) is 6.28. The molecule has 5 atom stereocenters. The molecule has 2 fully saturated rings. The number of thioether (sulfide) groups is 1. The number of carbonyl (C=O) groups excluding carboxylic acids is 2. The molecule has 0 aromatic heterocycles. The molecule has 0 aromatic rings. The summed E-state index contributed by atoms with van der Waals surface area (Å²) in [6.45, 7) is 6.62. The van der Waals surface area contributed by atoms with Gasteiger partial charge in [-0.05, 0) is 32.6 Å². The first-order valence-corrected chi connectivity index (χ1v) is 10.5. The Hall–Kier alpha value is -1.31. The number of esters is 1. The predicted molar refractivity (Wildman–Crippen MR) is 104 cm³/mol. The van der Waals surface area contributed by atoms with Crippen LogP contribution in [0.3, 0.4) is 0 Å². The van der Waals surface area contributed by atoms with Crippen LogP contribution >= 0.6 is 11.8 Å². The van der Waals surface area contributed by atoms with Crippen LogP contribution in [-0.4, -0.2) is 53.7 Å². The zero-order valence-corrected chi connectivity index (χ0v) is 16.8. The molecule has 2 aliphatic heterocycles. The second kappa shape index (κ2) is 7.97. The van der Waals surface area contributed by atoms with Gasteiger partial charge in [-0.2, -0.15) is 0 Å². The van der Waals surface area contributed by atoms with E-state index in [9.17, 15) is 14.7 Å². The smallest absolute Gasteiger partial charge is 0.306 e. The Morgan fingerprint density at radius 3 is 3.00 bits per heavy atom. The Morgan fingerprint density at radius 1 is 1.56 bits per heavy atom.